The molecule has 1 heterocycles. The third-order valence-electron chi connectivity index (χ3n) is 4.34. The number of aliphatic imine (C=N–C) groups is 1. The number of rotatable bonds is 7. The summed E-state index contributed by atoms with van der Waals surface area (Å²) < 4.78 is 14.5. The number of nitrogens with one attached hydrogen (secondary N) is 2. The molecule has 1 aromatic rings. The van der Waals surface area contributed by atoms with Crippen molar-refractivity contribution in [2.45, 2.75) is 57.7 Å². The summed E-state index contributed by atoms with van der Waals surface area (Å²) in [5.41, 5.74) is 17.4. The molecule has 0 aliphatic heterocycles. The molecular formula is C18H28FN7O. The van der Waals surface area contributed by atoms with Gasteiger partial charge in [-0.25, -0.2) is 9.37 Å². The minimum absolute atomic E-state index is 0.0158. The van der Waals surface area contributed by atoms with E-state index in [4.69, 9.17) is 17.2 Å². The molecule has 0 spiro atoms. The highest BCUT2D eigenvalue weighted by Crippen LogP contribution is 2.25. The summed E-state index contributed by atoms with van der Waals surface area (Å²) in [6, 6.07) is 0.954. The number of hydrogen-bond donors (Lipinski definition) is 5. The molecule has 1 aliphatic rings. The highest BCUT2D eigenvalue weighted by molar-refractivity contribution is 5.99. The van der Waals surface area contributed by atoms with E-state index in [9.17, 15) is 9.18 Å². The Hall–Kier alpha value is -2.68. The minimum atomic E-state index is -0.804. The van der Waals surface area contributed by atoms with E-state index in [0.717, 1.165) is 31.7 Å². The predicted octanol–water partition coefficient (Wildman–Crippen LogP) is 1.69. The van der Waals surface area contributed by atoms with Crippen molar-refractivity contribution in [3.8, 4) is 0 Å². The van der Waals surface area contributed by atoms with E-state index in [1.165, 1.54) is 12.4 Å². The largest absolute Gasteiger partial charge is 0.403 e. The zero-order valence-corrected chi connectivity index (χ0v) is 15.7. The number of aromatic nitrogens is 1. The third kappa shape index (κ3) is 5.65. The molecule has 0 bridgehead atoms. The zero-order chi connectivity index (χ0) is 20.0. The number of allylic oxidation sites excluding steroid dienone is 1. The van der Waals surface area contributed by atoms with Crippen molar-refractivity contribution >= 4 is 23.8 Å². The first kappa shape index (κ1) is 20.6. The van der Waals surface area contributed by atoms with Gasteiger partial charge in [-0.1, -0.05) is 12.8 Å². The fourth-order valence-corrected chi connectivity index (χ4v) is 2.87. The fourth-order valence-electron chi connectivity index (χ4n) is 2.87. The quantitative estimate of drug-likeness (QED) is 0.457. The second kappa shape index (κ2) is 9.31. The first-order valence-corrected chi connectivity index (χ1v) is 9.06. The average molecular weight is 377 g/mol. The van der Waals surface area contributed by atoms with Crippen LogP contribution in [0.4, 0.5) is 16.0 Å². The first-order valence-electron chi connectivity index (χ1n) is 9.06. The molecule has 2 unspecified atom stereocenters. The summed E-state index contributed by atoms with van der Waals surface area (Å²) in [5, 5.41) is 5.95. The summed E-state index contributed by atoms with van der Waals surface area (Å²) in [6.45, 7) is 3.82. The zero-order valence-electron chi connectivity index (χ0n) is 15.7. The van der Waals surface area contributed by atoms with E-state index in [2.05, 4.69) is 20.6 Å². The summed E-state index contributed by atoms with van der Waals surface area (Å²) >= 11 is 0. The van der Waals surface area contributed by atoms with Gasteiger partial charge in [0.25, 0.3) is 5.91 Å². The Kier molecular flexibility index (Phi) is 7.12. The second-order valence-corrected chi connectivity index (χ2v) is 6.90. The number of primary amides is 1. The number of amides is 1. The lowest BCUT2D eigenvalue weighted by atomic mass is 9.91. The number of carbonyl (C=O) groups excluding carboxylic acids is 1. The molecule has 1 aliphatic carbocycles. The van der Waals surface area contributed by atoms with Crippen molar-refractivity contribution in [2.24, 2.45) is 22.2 Å². The SMILES string of the molecule is CC(C)N=CC(=CN)Nc1nc(NC2CCCCC2N)c(F)cc1C(N)=O. The molecule has 8 nitrogen and oxygen atoms in total. The van der Waals surface area contributed by atoms with Gasteiger partial charge in [0.05, 0.1) is 11.3 Å². The van der Waals surface area contributed by atoms with Crippen LogP contribution in [-0.4, -0.2) is 35.2 Å². The van der Waals surface area contributed by atoms with Crippen LogP contribution in [0.5, 0.6) is 0 Å². The van der Waals surface area contributed by atoms with Crippen LogP contribution < -0.4 is 27.8 Å². The van der Waals surface area contributed by atoms with Crippen LogP contribution in [0.1, 0.15) is 49.9 Å². The standard InChI is InChI=1S/C18H28FN7O/c1-10(2)23-9-11(8-20)24-17-12(16(22)27)7-13(19)18(26-17)25-15-6-4-3-5-14(15)21/h7-10,14-15H,3-6,20-21H2,1-2H3,(H2,22,27)(H2,24,25,26). The molecule has 148 valence electrons. The van der Waals surface area contributed by atoms with Crippen LogP contribution in [-0.2, 0) is 0 Å². The number of carbonyl (C=O) groups is 1. The van der Waals surface area contributed by atoms with Gasteiger partial charge in [-0.05, 0) is 32.8 Å². The number of halogens is 1. The number of anilines is 2. The molecule has 1 amide bonds. The van der Waals surface area contributed by atoms with E-state index in [1.54, 1.807) is 0 Å². The van der Waals surface area contributed by atoms with E-state index < -0.39 is 11.7 Å². The van der Waals surface area contributed by atoms with Crippen LogP contribution >= 0.6 is 0 Å². The normalized spacial score (nSPS) is 20.9. The predicted molar refractivity (Wildman–Crippen MR) is 106 cm³/mol. The summed E-state index contributed by atoms with van der Waals surface area (Å²) in [4.78, 5) is 20.2. The Morgan fingerprint density at radius 1 is 1.37 bits per heavy atom. The van der Waals surface area contributed by atoms with E-state index in [0.29, 0.717) is 5.70 Å². The number of pyridine rings is 1. The van der Waals surface area contributed by atoms with Crippen LogP contribution in [0.25, 0.3) is 0 Å². The van der Waals surface area contributed by atoms with Gasteiger partial charge in [0, 0.05) is 30.5 Å². The molecule has 8 N–H and O–H groups in total. The van der Waals surface area contributed by atoms with Crippen molar-refractivity contribution in [2.75, 3.05) is 10.6 Å². The maximum Gasteiger partial charge on any atom is 0.252 e. The van der Waals surface area contributed by atoms with Gasteiger partial charge in [-0.2, -0.15) is 0 Å². The van der Waals surface area contributed by atoms with Crippen molar-refractivity contribution in [3.63, 3.8) is 0 Å². The Balaban J connectivity index is 2.32. The Morgan fingerprint density at radius 2 is 2.07 bits per heavy atom. The average Bonchev–Trinajstić information content (AvgIpc) is 2.62. The van der Waals surface area contributed by atoms with Crippen LogP contribution in [0, 0.1) is 5.82 Å². The highest BCUT2D eigenvalue weighted by atomic mass is 19.1. The topological polar surface area (TPSA) is 144 Å². The fraction of sp³-hybridized carbons (Fsp3) is 0.500. The van der Waals surface area contributed by atoms with Crippen molar-refractivity contribution < 1.29 is 9.18 Å². The Labute approximate surface area is 158 Å². The molecule has 2 atom stereocenters. The summed E-state index contributed by atoms with van der Waals surface area (Å²) in [7, 11) is 0. The lowest BCUT2D eigenvalue weighted by Crippen LogP contribution is -2.43. The second-order valence-electron chi connectivity index (χ2n) is 6.90. The lowest BCUT2D eigenvalue weighted by molar-refractivity contribution is 0.100. The van der Waals surface area contributed by atoms with Crippen LogP contribution in [0.2, 0.25) is 0 Å². The number of nitrogens with two attached hydrogens (primary N) is 3. The van der Waals surface area contributed by atoms with Gasteiger partial charge in [0.15, 0.2) is 11.6 Å². The summed E-state index contributed by atoms with van der Waals surface area (Å²) in [5.74, 6) is -1.35. The number of nitrogens with zero attached hydrogens (tertiary/aromatic N) is 2. The van der Waals surface area contributed by atoms with E-state index in [1.807, 2.05) is 13.8 Å². The molecule has 0 radical (unpaired) electrons. The number of hydrogen-bond acceptors (Lipinski definition) is 7. The minimum Gasteiger partial charge on any atom is -0.403 e. The summed E-state index contributed by atoms with van der Waals surface area (Å²) in [6.07, 6.45) is 6.58. The van der Waals surface area contributed by atoms with E-state index in [-0.39, 0.29) is 35.3 Å². The molecule has 1 aromatic heterocycles. The molecule has 9 heteroatoms. The molecule has 0 aromatic carbocycles. The van der Waals surface area contributed by atoms with Crippen LogP contribution in [0.15, 0.2) is 23.0 Å². The van der Waals surface area contributed by atoms with E-state index >= 15 is 0 Å². The third-order valence-corrected chi connectivity index (χ3v) is 4.34. The highest BCUT2D eigenvalue weighted by Gasteiger charge is 2.24. The molecule has 0 saturated heterocycles. The molecule has 2 rings (SSSR count). The molecular weight excluding hydrogens is 349 g/mol. The monoisotopic (exact) mass is 377 g/mol. The lowest BCUT2D eigenvalue weighted by Gasteiger charge is -2.30. The van der Waals surface area contributed by atoms with Gasteiger partial charge in [0.1, 0.15) is 5.82 Å². The van der Waals surface area contributed by atoms with Gasteiger partial charge in [0.2, 0.25) is 0 Å². The van der Waals surface area contributed by atoms with Crippen molar-refractivity contribution in [3.05, 3.63) is 29.3 Å². The Morgan fingerprint density at radius 3 is 2.67 bits per heavy atom. The van der Waals surface area contributed by atoms with Crippen LogP contribution in [0.3, 0.4) is 0 Å². The van der Waals surface area contributed by atoms with Gasteiger partial charge >= 0.3 is 0 Å². The van der Waals surface area contributed by atoms with Crippen molar-refractivity contribution in [1.29, 1.82) is 0 Å². The Bertz CT molecular complexity index is 733. The van der Waals surface area contributed by atoms with Crippen molar-refractivity contribution in [1.82, 2.24) is 4.98 Å². The molecule has 1 saturated carbocycles. The van der Waals surface area contributed by atoms with Gasteiger partial charge < -0.3 is 27.8 Å². The molecule has 27 heavy (non-hydrogen) atoms. The first-order chi connectivity index (χ1) is 12.8. The maximum atomic E-state index is 14.5. The van der Waals surface area contributed by atoms with Gasteiger partial charge in [-0.15, -0.1) is 0 Å². The smallest absolute Gasteiger partial charge is 0.252 e. The molecule has 1 fully saturated rings. The maximum absolute atomic E-state index is 14.5. The van der Waals surface area contributed by atoms with Gasteiger partial charge in [-0.3, -0.25) is 9.79 Å².